The van der Waals surface area contributed by atoms with Crippen LogP contribution in [0.4, 0.5) is 5.82 Å². The van der Waals surface area contributed by atoms with Gasteiger partial charge < -0.3 is 14.7 Å². The van der Waals surface area contributed by atoms with Crippen molar-refractivity contribution in [1.82, 2.24) is 14.6 Å². The largest absolute Gasteiger partial charge is 0.477 e. The van der Waals surface area contributed by atoms with Crippen LogP contribution in [-0.2, 0) is 4.74 Å². The van der Waals surface area contributed by atoms with E-state index in [0.29, 0.717) is 37.8 Å². The van der Waals surface area contributed by atoms with Crippen molar-refractivity contribution >= 4 is 33.4 Å². The van der Waals surface area contributed by atoms with Crippen molar-refractivity contribution in [3.8, 4) is 0 Å². The van der Waals surface area contributed by atoms with Crippen molar-refractivity contribution in [3.63, 3.8) is 0 Å². The van der Waals surface area contributed by atoms with Crippen molar-refractivity contribution in [1.29, 1.82) is 0 Å². The molecule has 0 unspecified atom stereocenters. The summed E-state index contributed by atoms with van der Waals surface area (Å²) >= 11 is 3.43. The number of hydrogen-bond acceptors (Lipinski definition) is 5. The van der Waals surface area contributed by atoms with Crippen molar-refractivity contribution in [2.75, 3.05) is 31.2 Å². The van der Waals surface area contributed by atoms with Crippen LogP contribution in [-0.4, -0.2) is 52.0 Å². The number of aryl methyl sites for hydroxylation is 1. The molecule has 0 radical (unpaired) electrons. The van der Waals surface area contributed by atoms with Gasteiger partial charge in [-0.05, 0) is 22.9 Å². The summed E-state index contributed by atoms with van der Waals surface area (Å²) in [6.45, 7) is 4.27. The number of aromatic nitrogens is 3. The van der Waals surface area contributed by atoms with Crippen molar-refractivity contribution in [3.05, 3.63) is 21.9 Å². The number of morpholine rings is 1. The lowest BCUT2D eigenvalue weighted by molar-refractivity contribution is 0.0695. The molecule has 7 nitrogen and oxygen atoms in total. The summed E-state index contributed by atoms with van der Waals surface area (Å²) in [5, 5.41) is 13.8. The van der Waals surface area contributed by atoms with Crippen molar-refractivity contribution in [2.24, 2.45) is 0 Å². The number of carbonyl (C=O) groups is 1. The lowest BCUT2D eigenvalue weighted by atomic mass is 10.2. The van der Waals surface area contributed by atoms with Crippen LogP contribution in [0.3, 0.4) is 0 Å². The van der Waals surface area contributed by atoms with Gasteiger partial charge in [-0.3, -0.25) is 0 Å². The standard InChI is InChI=1S/C12H13BrN4O3/c1-7-9(13)10-14-6-8(12(18)19)11(17(10)15-7)16-2-4-20-5-3-16/h6H,2-5H2,1H3,(H,18,19). The van der Waals surface area contributed by atoms with Crippen LogP contribution in [0, 0.1) is 6.92 Å². The Balaban J connectivity index is 2.25. The van der Waals surface area contributed by atoms with E-state index in [1.165, 1.54) is 6.20 Å². The normalized spacial score (nSPS) is 15.8. The average Bonchev–Trinajstić information content (AvgIpc) is 2.74. The molecular weight excluding hydrogens is 328 g/mol. The minimum absolute atomic E-state index is 0.148. The molecule has 0 saturated carbocycles. The fourth-order valence-electron chi connectivity index (χ4n) is 2.28. The van der Waals surface area contributed by atoms with E-state index in [1.54, 1.807) is 4.52 Å². The van der Waals surface area contributed by atoms with Crippen molar-refractivity contribution in [2.45, 2.75) is 6.92 Å². The fraction of sp³-hybridized carbons (Fsp3) is 0.417. The smallest absolute Gasteiger partial charge is 0.341 e. The number of fused-ring (bicyclic) bond motifs is 1. The second kappa shape index (κ2) is 5.02. The Bertz CT molecular complexity index is 679. The van der Waals surface area contributed by atoms with Crippen LogP contribution in [0.25, 0.3) is 5.65 Å². The Morgan fingerprint density at radius 2 is 2.15 bits per heavy atom. The van der Waals surface area contributed by atoms with Crippen LogP contribution < -0.4 is 4.90 Å². The van der Waals surface area contributed by atoms with Gasteiger partial charge in [-0.15, -0.1) is 0 Å². The summed E-state index contributed by atoms with van der Waals surface area (Å²) in [4.78, 5) is 17.6. The SMILES string of the molecule is Cc1nn2c(N3CCOCC3)c(C(=O)O)cnc2c1Br. The van der Waals surface area contributed by atoms with Crippen LogP contribution in [0.15, 0.2) is 10.7 Å². The molecular formula is C12H13BrN4O3. The molecule has 0 amide bonds. The number of rotatable bonds is 2. The predicted molar refractivity (Wildman–Crippen MR) is 75.4 cm³/mol. The molecule has 3 rings (SSSR count). The van der Waals surface area contributed by atoms with E-state index in [9.17, 15) is 9.90 Å². The summed E-state index contributed by atoms with van der Waals surface area (Å²) in [5.41, 5.74) is 1.54. The molecule has 1 saturated heterocycles. The lowest BCUT2D eigenvalue weighted by Crippen LogP contribution is -2.38. The maximum Gasteiger partial charge on any atom is 0.341 e. The van der Waals surface area contributed by atoms with E-state index in [1.807, 2.05) is 11.8 Å². The Hall–Kier alpha value is -1.67. The van der Waals surface area contributed by atoms with Crippen LogP contribution in [0.2, 0.25) is 0 Å². The zero-order valence-electron chi connectivity index (χ0n) is 10.8. The quantitative estimate of drug-likeness (QED) is 0.888. The van der Waals surface area contributed by atoms with Crippen LogP contribution in [0.5, 0.6) is 0 Å². The van der Waals surface area contributed by atoms with E-state index in [4.69, 9.17) is 4.74 Å². The second-order valence-corrected chi connectivity index (χ2v) is 5.33. The van der Waals surface area contributed by atoms with Gasteiger partial charge in [0.25, 0.3) is 0 Å². The van der Waals surface area contributed by atoms with Gasteiger partial charge in [0.05, 0.1) is 23.4 Å². The topological polar surface area (TPSA) is 80.0 Å². The Morgan fingerprint density at radius 1 is 1.45 bits per heavy atom. The number of nitrogens with zero attached hydrogens (tertiary/aromatic N) is 4. The molecule has 0 aromatic carbocycles. The number of carboxylic acid groups (broad SMARTS) is 1. The summed E-state index contributed by atoms with van der Waals surface area (Å²) < 4.78 is 7.69. The zero-order chi connectivity index (χ0) is 14.3. The van der Waals surface area contributed by atoms with E-state index < -0.39 is 5.97 Å². The highest BCUT2D eigenvalue weighted by atomic mass is 79.9. The number of aromatic carboxylic acids is 1. The summed E-state index contributed by atoms with van der Waals surface area (Å²) in [5.74, 6) is -0.454. The molecule has 0 aliphatic carbocycles. The van der Waals surface area contributed by atoms with Crippen LogP contribution in [0.1, 0.15) is 16.1 Å². The summed E-state index contributed by atoms with van der Waals surface area (Å²) in [6, 6.07) is 0. The molecule has 8 heteroatoms. The Kier molecular flexibility index (Phi) is 3.35. The van der Waals surface area contributed by atoms with Gasteiger partial charge in [0.1, 0.15) is 11.4 Å². The van der Waals surface area contributed by atoms with Gasteiger partial charge in [0, 0.05) is 19.3 Å². The highest BCUT2D eigenvalue weighted by molar-refractivity contribution is 9.10. The molecule has 0 atom stereocenters. The Morgan fingerprint density at radius 3 is 2.80 bits per heavy atom. The first kappa shape index (κ1) is 13.3. The molecule has 3 heterocycles. The monoisotopic (exact) mass is 340 g/mol. The average molecular weight is 341 g/mol. The maximum atomic E-state index is 11.4. The van der Waals surface area contributed by atoms with Gasteiger partial charge in [-0.2, -0.15) is 9.61 Å². The molecule has 1 aliphatic rings. The number of anilines is 1. The van der Waals surface area contributed by atoms with Crippen molar-refractivity contribution < 1.29 is 14.6 Å². The third kappa shape index (κ3) is 2.04. The van der Waals surface area contributed by atoms with Gasteiger partial charge in [0.2, 0.25) is 0 Å². The third-order valence-corrected chi connectivity index (χ3v) is 4.19. The molecule has 0 bridgehead atoms. The van der Waals surface area contributed by atoms with E-state index in [2.05, 4.69) is 26.0 Å². The number of halogens is 1. The maximum absolute atomic E-state index is 11.4. The first-order valence-corrected chi connectivity index (χ1v) is 6.98. The van der Waals surface area contributed by atoms with E-state index in [-0.39, 0.29) is 5.56 Å². The van der Waals surface area contributed by atoms with Gasteiger partial charge >= 0.3 is 5.97 Å². The van der Waals surface area contributed by atoms with Gasteiger partial charge in [-0.25, -0.2) is 9.78 Å². The minimum Gasteiger partial charge on any atom is -0.477 e. The summed E-state index contributed by atoms with van der Waals surface area (Å²) in [7, 11) is 0. The van der Waals surface area contributed by atoms with Crippen LogP contribution >= 0.6 is 15.9 Å². The Labute approximate surface area is 123 Å². The lowest BCUT2D eigenvalue weighted by Gasteiger charge is -2.29. The molecule has 1 fully saturated rings. The highest BCUT2D eigenvalue weighted by Gasteiger charge is 2.24. The number of carboxylic acids is 1. The van der Waals surface area contributed by atoms with E-state index >= 15 is 0 Å². The number of hydrogen-bond donors (Lipinski definition) is 1. The van der Waals surface area contributed by atoms with Gasteiger partial charge in [-0.1, -0.05) is 0 Å². The zero-order valence-corrected chi connectivity index (χ0v) is 12.4. The first-order valence-electron chi connectivity index (χ1n) is 6.19. The molecule has 20 heavy (non-hydrogen) atoms. The minimum atomic E-state index is -1.01. The highest BCUT2D eigenvalue weighted by Crippen LogP contribution is 2.27. The van der Waals surface area contributed by atoms with E-state index in [0.717, 1.165) is 10.2 Å². The number of ether oxygens (including phenoxy) is 1. The third-order valence-electron chi connectivity index (χ3n) is 3.26. The molecule has 0 spiro atoms. The summed E-state index contributed by atoms with van der Waals surface area (Å²) in [6.07, 6.45) is 1.38. The second-order valence-electron chi connectivity index (χ2n) is 4.53. The predicted octanol–water partition coefficient (Wildman–Crippen LogP) is 1.34. The molecule has 2 aromatic rings. The molecule has 106 valence electrons. The molecule has 1 N–H and O–H groups in total. The molecule has 2 aromatic heterocycles. The fourth-order valence-corrected chi connectivity index (χ4v) is 2.63. The van der Waals surface area contributed by atoms with Gasteiger partial charge in [0.15, 0.2) is 5.65 Å². The molecule has 1 aliphatic heterocycles. The first-order chi connectivity index (χ1) is 9.59.